The average Bonchev–Trinajstić information content (AvgIpc) is 2.95. The lowest BCUT2D eigenvalue weighted by Crippen LogP contribution is -2.70. The largest absolute Gasteiger partial charge is 0.459 e. The summed E-state index contributed by atoms with van der Waals surface area (Å²) in [6, 6.07) is 2.83. The predicted octanol–water partition coefficient (Wildman–Crippen LogP) is 2.05. The molecular formula is C15H21NO5. The molecule has 2 heterocycles. The lowest BCUT2D eigenvalue weighted by Gasteiger charge is -2.48. The van der Waals surface area contributed by atoms with Crippen LogP contribution in [0.5, 0.6) is 0 Å². The molecule has 1 aliphatic rings. The summed E-state index contributed by atoms with van der Waals surface area (Å²) in [6.45, 7) is 7.34. The van der Waals surface area contributed by atoms with E-state index in [2.05, 4.69) is 0 Å². The lowest BCUT2D eigenvalue weighted by atomic mass is 9.87. The molecule has 1 fully saturated rings. The van der Waals surface area contributed by atoms with Crippen LogP contribution >= 0.6 is 0 Å². The normalized spacial score (nSPS) is 22.6. The molecule has 0 radical (unpaired) electrons. The van der Waals surface area contributed by atoms with Crippen molar-refractivity contribution in [2.24, 2.45) is 5.92 Å². The molecule has 2 amide bonds. The van der Waals surface area contributed by atoms with Crippen molar-refractivity contribution in [1.82, 2.24) is 4.90 Å². The maximum Gasteiger partial charge on any atom is 0.296 e. The molecule has 0 N–H and O–H groups in total. The van der Waals surface area contributed by atoms with Crippen molar-refractivity contribution in [3.8, 4) is 0 Å². The van der Waals surface area contributed by atoms with E-state index in [-0.39, 0.29) is 23.6 Å². The Bertz CT molecular complexity index is 520. The van der Waals surface area contributed by atoms with Crippen LogP contribution in [-0.4, -0.2) is 41.8 Å². The monoisotopic (exact) mass is 295 g/mol. The molecular weight excluding hydrogens is 274 g/mol. The molecule has 0 bridgehead atoms. The van der Waals surface area contributed by atoms with Crippen molar-refractivity contribution in [1.29, 1.82) is 0 Å². The molecule has 2 rings (SSSR count). The summed E-state index contributed by atoms with van der Waals surface area (Å²) in [6.07, 6.45) is 0.725. The smallest absolute Gasteiger partial charge is 0.296 e. The molecule has 1 aromatic rings. The van der Waals surface area contributed by atoms with Gasteiger partial charge in [-0.05, 0) is 31.9 Å². The van der Waals surface area contributed by atoms with E-state index in [1.165, 1.54) is 18.3 Å². The third-order valence-corrected chi connectivity index (χ3v) is 3.63. The highest BCUT2D eigenvalue weighted by Gasteiger charge is 2.55. The van der Waals surface area contributed by atoms with Gasteiger partial charge in [-0.1, -0.05) is 13.8 Å². The van der Waals surface area contributed by atoms with Gasteiger partial charge in [0, 0.05) is 7.11 Å². The van der Waals surface area contributed by atoms with Crippen molar-refractivity contribution in [2.75, 3.05) is 7.11 Å². The second-order valence-electron chi connectivity index (χ2n) is 5.87. The predicted molar refractivity (Wildman–Crippen MR) is 74.5 cm³/mol. The fourth-order valence-electron chi connectivity index (χ4n) is 2.36. The number of hydrogen-bond donors (Lipinski definition) is 0. The Balaban J connectivity index is 2.18. The first kappa shape index (κ1) is 15.7. The van der Waals surface area contributed by atoms with Crippen molar-refractivity contribution in [3.63, 3.8) is 0 Å². The Kier molecular flexibility index (Phi) is 4.20. The summed E-state index contributed by atoms with van der Waals surface area (Å²) in [4.78, 5) is 25.8. The van der Waals surface area contributed by atoms with Crippen LogP contribution in [0.15, 0.2) is 22.8 Å². The van der Waals surface area contributed by atoms with Crippen LogP contribution < -0.4 is 0 Å². The van der Waals surface area contributed by atoms with E-state index >= 15 is 0 Å². The van der Waals surface area contributed by atoms with E-state index in [1.807, 2.05) is 13.8 Å². The zero-order chi connectivity index (χ0) is 15.8. The topological polar surface area (TPSA) is 69.0 Å². The summed E-state index contributed by atoms with van der Waals surface area (Å²) in [5.41, 5.74) is 0. The average molecular weight is 295 g/mol. The van der Waals surface area contributed by atoms with Crippen molar-refractivity contribution in [3.05, 3.63) is 24.2 Å². The van der Waals surface area contributed by atoms with Gasteiger partial charge in [0.25, 0.3) is 11.8 Å². The number of carbonyl (C=O) groups is 2. The molecule has 6 nitrogen and oxygen atoms in total. The molecule has 1 aliphatic heterocycles. The minimum atomic E-state index is -0.882. The van der Waals surface area contributed by atoms with E-state index in [9.17, 15) is 9.59 Å². The third-order valence-electron chi connectivity index (χ3n) is 3.63. The zero-order valence-corrected chi connectivity index (χ0v) is 13.0. The van der Waals surface area contributed by atoms with Crippen LogP contribution in [0, 0.1) is 5.92 Å². The molecule has 21 heavy (non-hydrogen) atoms. The van der Waals surface area contributed by atoms with Gasteiger partial charge in [0.15, 0.2) is 17.7 Å². The second kappa shape index (κ2) is 5.61. The Hall–Kier alpha value is -1.66. The number of furan rings is 1. The number of rotatable bonds is 5. The number of carbonyl (C=O) groups excluding carboxylic acids is 2. The number of imide groups is 1. The molecule has 1 saturated heterocycles. The van der Waals surface area contributed by atoms with Gasteiger partial charge in [0.05, 0.1) is 12.3 Å². The lowest BCUT2D eigenvalue weighted by molar-refractivity contribution is -0.252. The molecule has 6 heteroatoms. The van der Waals surface area contributed by atoms with Crippen LogP contribution in [0.4, 0.5) is 0 Å². The number of ether oxygens (including phenoxy) is 2. The van der Waals surface area contributed by atoms with Crippen LogP contribution in [0.2, 0.25) is 0 Å². The SMILES string of the molecule is COC(C)(C)O[C@@H]1C(=O)N(C(=O)c2ccco2)[C@@H]1C(C)C. The molecule has 116 valence electrons. The van der Waals surface area contributed by atoms with Crippen LogP contribution in [0.1, 0.15) is 38.2 Å². The number of β-lactam (4-membered cyclic amide) rings is 1. The third kappa shape index (κ3) is 2.87. The first-order chi connectivity index (χ1) is 9.78. The molecule has 0 unspecified atom stereocenters. The number of amides is 2. The highest BCUT2D eigenvalue weighted by molar-refractivity contribution is 6.09. The highest BCUT2D eigenvalue weighted by Crippen LogP contribution is 2.33. The maximum absolute atomic E-state index is 12.3. The second-order valence-corrected chi connectivity index (χ2v) is 5.87. The van der Waals surface area contributed by atoms with E-state index < -0.39 is 17.8 Å². The van der Waals surface area contributed by atoms with Gasteiger partial charge in [-0.15, -0.1) is 0 Å². The van der Waals surface area contributed by atoms with Crippen LogP contribution in [-0.2, 0) is 14.3 Å². The van der Waals surface area contributed by atoms with Crippen LogP contribution in [0.3, 0.4) is 0 Å². The van der Waals surface area contributed by atoms with Gasteiger partial charge in [-0.2, -0.15) is 0 Å². The molecule has 0 aromatic carbocycles. The Morgan fingerprint density at radius 3 is 2.57 bits per heavy atom. The Labute approximate surface area is 124 Å². The van der Waals surface area contributed by atoms with Gasteiger partial charge in [-0.3, -0.25) is 14.5 Å². The van der Waals surface area contributed by atoms with E-state index in [0.29, 0.717) is 0 Å². The number of likely N-dealkylation sites (tertiary alicyclic amines) is 1. The fraction of sp³-hybridized carbons (Fsp3) is 0.600. The van der Waals surface area contributed by atoms with Gasteiger partial charge in [0.2, 0.25) is 0 Å². The summed E-state index contributed by atoms with van der Waals surface area (Å²) in [7, 11) is 1.51. The standard InChI is InChI=1S/C15H21NO5/c1-9(2)11-12(21-15(3,4)19-5)14(18)16(11)13(17)10-7-6-8-20-10/h6-9,11-12H,1-5H3/t11-,12+/m1/s1. The van der Waals surface area contributed by atoms with Gasteiger partial charge < -0.3 is 13.9 Å². The van der Waals surface area contributed by atoms with Crippen LogP contribution in [0.25, 0.3) is 0 Å². The fourth-order valence-corrected chi connectivity index (χ4v) is 2.36. The van der Waals surface area contributed by atoms with E-state index in [0.717, 1.165) is 0 Å². The van der Waals surface area contributed by atoms with Gasteiger partial charge in [0.1, 0.15) is 0 Å². The minimum absolute atomic E-state index is 0.0688. The number of hydrogen-bond acceptors (Lipinski definition) is 5. The zero-order valence-electron chi connectivity index (χ0n) is 13.0. The summed E-state index contributed by atoms with van der Waals surface area (Å²) in [5, 5.41) is 0. The van der Waals surface area contributed by atoms with Crippen molar-refractivity contribution in [2.45, 2.75) is 45.6 Å². The van der Waals surface area contributed by atoms with E-state index in [4.69, 9.17) is 13.9 Å². The van der Waals surface area contributed by atoms with Crippen molar-refractivity contribution >= 4 is 11.8 Å². The van der Waals surface area contributed by atoms with Gasteiger partial charge in [-0.25, -0.2) is 0 Å². The quantitative estimate of drug-likeness (QED) is 0.472. The summed E-state index contributed by atoms with van der Waals surface area (Å²) >= 11 is 0. The number of nitrogens with zero attached hydrogens (tertiary/aromatic N) is 1. The van der Waals surface area contributed by atoms with E-state index in [1.54, 1.807) is 26.0 Å². The molecule has 0 spiro atoms. The number of methoxy groups -OCH3 is 1. The van der Waals surface area contributed by atoms with Gasteiger partial charge >= 0.3 is 0 Å². The minimum Gasteiger partial charge on any atom is -0.459 e. The first-order valence-corrected chi connectivity index (χ1v) is 6.92. The molecule has 1 aromatic heterocycles. The van der Waals surface area contributed by atoms with Crippen molar-refractivity contribution < 1.29 is 23.5 Å². The summed E-state index contributed by atoms with van der Waals surface area (Å²) < 4.78 is 16.0. The Morgan fingerprint density at radius 1 is 1.43 bits per heavy atom. The summed E-state index contributed by atoms with van der Waals surface area (Å²) in [5.74, 6) is -1.45. The molecule has 0 saturated carbocycles. The molecule has 0 aliphatic carbocycles. The maximum atomic E-state index is 12.3. The highest BCUT2D eigenvalue weighted by atomic mass is 16.7. The first-order valence-electron chi connectivity index (χ1n) is 6.92. The molecule has 2 atom stereocenters. The Morgan fingerprint density at radius 2 is 2.10 bits per heavy atom.